The van der Waals surface area contributed by atoms with Crippen LogP contribution in [0.5, 0.6) is 0 Å². The average molecular weight is 283 g/mol. The minimum atomic E-state index is -0.0935. The first kappa shape index (κ1) is 13.8. The number of nitrogens with zero attached hydrogens (tertiary/aromatic N) is 3. The number of hydrogen-bond acceptors (Lipinski definition) is 4. The number of pyridine rings is 1. The van der Waals surface area contributed by atoms with Gasteiger partial charge in [0.2, 0.25) is 5.91 Å². The molecular formula is C12H15ClN4O2. The Morgan fingerprint density at radius 1 is 1.21 bits per heavy atom. The number of amides is 2. The van der Waals surface area contributed by atoms with Crippen LogP contribution in [-0.4, -0.2) is 59.3 Å². The van der Waals surface area contributed by atoms with E-state index in [1.165, 1.54) is 6.20 Å². The fourth-order valence-corrected chi connectivity index (χ4v) is 2.08. The topological polar surface area (TPSA) is 79.5 Å². The maximum atomic E-state index is 12.2. The molecule has 2 rings (SSSR count). The molecule has 7 heteroatoms. The summed E-state index contributed by atoms with van der Waals surface area (Å²) in [5.41, 5.74) is 5.81. The van der Waals surface area contributed by atoms with Crippen LogP contribution in [0, 0.1) is 0 Å². The van der Waals surface area contributed by atoms with E-state index in [2.05, 4.69) is 4.98 Å². The first-order valence-electron chi connectivity index (χ1n) is 6.00. The summed E-state index contributed by atoms with van der Waals surface area (Å²) in [4.78, 5) is 30.9. The fourth-order valence-electron chi connectivity index (χ4n) is 1.97. The molecular weight excluding hydrogens is 268 g/mol. The molecule has 0 saturated carbocycles. The van der Waals surface area contributed by atoms with Crippen molar-refractivity contribution >= 4 is 23.4 Å². The molecule has 1 aromatic rings. The number of carbonyl (C=O) groups is 2. The first-order valence-corrected chi connectivity index (χ1v) is 6.38. The number of piperazine rings is 1. The minimum Gasteiger partial charge on any atom is -0.338 e. The van der Waals surface area contributed by atoms with E-state index >= 15 is 0 Å². The summed E-state index contributed by atoms with van der Waals surface area (Å²) in [6, 6.07) is 3.23. The Morgan fingerprint density at radius 3 is 2.37 bits per heavy atom. The number of nitrogens with two attached hydrogens (primary N) is 1. The van der Waals surface area contributed by atoms with Crippen molar-refractivity contribution in [1.29, 1.82) is 0 Å². The van der Waals surface area contributed by atoms with Gasteiger partial charge in [-0.15, -0.1) is 0 Å². The third-order valence-corrected chi connectivity index (χ3v) is 3.29. The van der Waals surface area contributed by atoms with Crippen LogP contribution in [-0.2, 0) is 4.79 Å². The Kier molecular flexibility index (Phi) is 4.34. The second kappa shape index (κ2) is 5.99. The van der Waals surface area contributed by atoms with Crippen LogP contribution in [0.2, 0.25) is 5.15 Å². The Hall–Kier alpha value is -1.66. The Morgan fingerprint density at radius 2 is 1.84 bits per heavy atom. The molecule has 102 valence electrons. The fraction of sp³-hybridized carbons (Fsp3) is 0.417. The first-order chi connectivity index (χ1) is 9.11. The van der Waals surface area contributed by atoms with E-state index in [-0.39, 0.29) is 18.4 Å². The summed E-state index contributed by atoms with van der Waals surface area (Å²) in [5, 5.41) is 0.356. The largest absolute Gasteiger partial charge is 0.338 e. The van der Waals surface area contributed by atoms with Crippen LogP contribution in [0.15, 0.2) is 18.3 Å². The van der Waals surface area contributed by atoms with Crippen molar-refractivity contribution in [2.45, 2.75) is 0 Å². The molecule has 1 aliphatic rings. The van der Waals surface area contributed by atoms with Crippen molar-refractivity contribution in [2.24, 2.45) is 5.73 Å². The van der Waals surface area contributed by atoms with E-state index < -0.39 is 0 Å². The number of carbonyl (C=O) groups excluding carboxylic acids is 2. The van der Waals surface area contributed by atoms with Crippen LogP contribution in [0.4, 0.5) is 0 Å². The standard InChI is InChI=1S/C12H15ClN4O2/c13-10-2-1-9(8-15-10)12(19)17-5-3-16(4-6-17)11(18)7-14/h1-2,8H,3-7,14H2. The third kappa shape index (κ3) is 3.21. The highest BCUT2D eigenvalue weighted by atomic mass is 35.5. The van der Waals surface area contributed by atoms with Gasteiger partial charge < -0.3 is 15.5 Å². The predicted octanol–water partition coefficient (Wildman–Crippen LogP) is -0.0219. The van der Waals surface area contributed by atoms with E-state index in [9.17, 15) is 9.59 Å². The van der Waals surface area contributed by atoms with Crippen molar-refractivity contribution < 1.29 is 9.59 Å². The van der Waals surface area contributed by atoms with E-state index in [0.717, 1.165) is 0 Å². The van der Waals surface area contributed by atoms with E-state index in [1.54, 1.807) is 21.9 Å². The average Bonchev–Trinajstić information content (AvgIpc) is 2.46. The van der Waals surface area contributed by atoms with Crippen molar-refractivity contribution in [3.05, 3.63) is 29.0 Å². The summed E-state index contributed by atoms with van der Waals surface area (Å²) >= 11 is 5.68. The maximum Gasteiger partial charge on any atom is 0.255 e. The van der Waals surface area contributed by atoms with Crippen LogP contribution in [0.25, 0.3) is 0 Å². The molecule has 1 aromatic heterocycles. The highest BCUT2D eigenvalue weighted by Gasteiger charge is 2.24. The molecule has 1 fully saturated rings. The van der Waals surface area contributed by atoms with Gasteiger partial charge >= 0.3 is 0 Å². The van der Waals surface area contributed by atoms with Gasteiger partial charge in [0.1, 0.15) is 5.15 Å². The van der Waals surface area contributed by atoms with Gasteiger partial charge in [-0.25, -0.2) is 4.98 Å². The Labute approximate surface area is 116 Å². The lowest BCUT2D eigenvalue weighted by Gasteiger charge is -2.34. The zero-order chi connectivity index (χ0) is 13.8. The number of hydrogen-bond donors (Lipinski definition) is 1. The van der Waals surface area contributed by atoms with Crippen molar-refractivity contribution in [3.63, 3.8) is 0 Å². The summed E-state index contributed by atoms with van der Waals surface area (Å²) in [6.45, 7) is 2.06. The van der Waals surface area contributed by atoms with Crippen LogP contribution < -0.4 is 5.73 Å². The molecule has 2 N–H and O–H groups in total. The smallest absolute Gasteiger partial charge is 0.255 e. The van der Waals surface area contributed by atoms with Crippen molar-refractivity contribution in [3.8, 4) is 0 Å². The molecule has 2 amide bonds. The maximum absolute atomic E-state index is 12.2. The van der Waals surface area contributed by atoms with Gasteiger partial charge in [-0.05, 0) is 12.1 Å². The minimum absolute atomic E-state index is 0.00898. The molecule has 0 aromatic carbocycles. The van der Waals surface area contributed by atoms with Crippen molar-refractivity contribution in [2.75, 3.05) is 32.7 Å². The third-order valence-electron chi connectivity index (χ3n) is 3.07. The van der Waals surface area contributed by atoms with Gasteiger partial charge in [0, 0.05) is 32.4 Å². The van der Waals surface area contributed by atoms with Gasteiger partial charge in [-0.3, -0.25) is 9.59 Å². The molecule has 0 aliphatic carbocycles. The van der Waals surface area contributed by atoms with Crippen LogP contribution in [0.1, 0.15) is 10.4 Å². The van der Waals surface area contributed by atoms with E-state index in [0.29, 0.717) is 36.9 Å². The predicted molar refractivity (Wildman–Crippen MR) is 70.8 cm³/mol. The monoisotopic (exact) mass is 282 g/mol. The molecule has 1 saturated heterocycles. The number of aromatic nitrogens is 1. The van der Waals surface area contributed by atoms with E-state index in [4.69, 9.17) is 17.3 Å². The highest BCUT2D eigenvalue weighted by Crippen LogP contribution is 2.10. The highest BCUT2D eigenvalue weighted by molar-refractivity contribution is 6.29. The molecule has 1 aliphatic heterocycles. The lowest BCUT2D eigenvalue weighted by atomic mass is 10.2. The molecule has 0 bridgehead atoms. The van der Waals surface area contributed by atoms with Gasteiger partial charge in [0.25, 0.3) is 5.91 Å². The molecule has 0 radical (unpaired) electrons. The summed E-state index contributed by atoms with van der Waals surface area (Å²) < 4.78 is 0. The number of rotatable bonds is 2. The van der Waals surface area contributed by atoms with Gasteiger partial charge in [0.05, 0.1) is 12.1 Å². The molecule has 0 atom stereocenters. The Bertz CT molecular complexity index is 469. The zero-order valence-corrected chi connectivity index (χ0v) is 11.1. The quantitative estimate of drug-likeness (QED) is 0.773. The molecule has 6 nitrogen and oxygen atoms in total. The molecule has 0 spiro atoms. The van der Waals surface area contributed by atoms with Crippen LogP contribution in [0.3, 0.4) is 0 Å². The summed E-state index contributed by atoms with van der Waals surface area (Å²) in [5.74, 6) is -0.177. The second-order valence-electron chi connectivity index (χ2n) is 4.25. The molecule has 19 heavy (non-hydrogen) atoms. The summed E-state index contributed by atoms with van der Waals surface area (Å²) in [6.07, 6.45) is 1.46. The normalized spacial score (nSPS) is 15.5. The Balaban J connectivity index is 1.96. The van der Waals surface area contributed by atoms with Crippen LogP contribution >= 0.6 is 11.6 Å². The lowest BCUT2D eigenvalue weighted by Crippen LogP contribution is -2.51. The lowest BCUT2D eigenvalue weighted by molar-refractivity contribution is -0.131. The number of halogens is 1. The molecule has 2 heterocycles. The van der Waals surface area contributed by atoms with Gasteiger partial charge in [-0.1, -0.05) is 11.6 Å². The van der Waals surface area contributed by atoms with Gasteiger partial charge in [0.15, 0.2) is 0 Å². The zero-order valence-electron chi connectivity index (χ0n) is 10.4. The second-order valence-corrected chi connectivity index (χ2v) is 4.63. The molecule has 0 unspecified atom stereocenters. The van der Waals surface area contributed by atoms with Crippen molar-refractivity contribution in [1.82, 2.24) is 14.8 Å². The summed E-state index contributed by atoms with van der Waals surface area (Å²) in [7, 11) is 0. The van der Waals surface area contributed by atoms with Gasteiger partial charge in [-0.2, -0.15) is 0 Å². The van der Waals surface area contributed by atoms with E-state index in [1.807, 2.05) is 0 Å². The SMILES string of the molecule is NCC(=O)N1CCN(C(=O)c2ccc(Cl)nc2)CC1.